The van der Waals surface area contributed by atoms with Crippen LogP contribution in [0.15, 0.2) is 35.4 Å². The van der Waals surface area contributed by atoms with Crippen molar-refractivity contribution in [3.05, 3.63) is 35.9 Å². The Morgan fingerprint density at radius 2 is 1.42 bits per heavy atom. The molecule has 0 amide bonds. The Balaban J connectivity index is 2.78. The monoisotopic (exact) mass is 288 g/mol. The average Bonchev–Trinajstić information content (AvgIpc) is 2.28. The number of benzene rings is 1. The predicted molar refractivity (Wildman–Crippen MR) is 53.1 cm³/mol. The Labute approximate surface area is 102 Å². The molecule has 0 aliphatic heterocycles. The molecule has 2 nitrogen and oxygen atoms in total. The van der Waals surface area contributed by atoms with Crippen molar-refractivity contribution in [2.75, 3.05) is 0 Å². The second-order valence-corrected chi connectivity index (χ2v) is 3.43. The molecule has 0 atom stereocenters. The molecule has 1 aromatic carbocycles. The van der Waals surface area contributed by atoms with Crippen LogP contribution in [-0.2, 0) is 0 Å². The van der Waals surface area contributed by atoms with Gasteiger partial charge in [-0.2, -0.15) is 35.8 Å². The van der Waals surface area contributed by atoms with E-state index in [2.05, 4.69) is 5.10 Å². The number of nitrogens with zero attached hydrogens (tertiary/aromatic N) is 1. The molecular formula is C10H7F7N2. The smallest absolute Gasteiger partial charge is 0.242 e. The highest BCUT2D eigenvalue weighted by Gasteiger charge is 2.73. The van der Waals surface area contributed by atoms with E-state index in [0.29, 0.717) is 11.6 Å². The molecule has 1 aromatic rings. The highest BCUT2D eigenvalue weighted by molar-refractivity contribution is 5.79. The highest BCUT2D eigenvalue weighted by atomic mass is 19.4. The van der Waals surface area contributed by atoms with Crippen molar-refractivity contribution in [3.63, 3.8) is 0 Å². The second kappa shape index (κ2) is 5.06. The summed E-state index contributed by atoms with van der Waals surface area (Å²) in [6, 6.07) is 1.85. The Bertz CT molecular complexity index is 439. The number of hydrogen-bond acceptors (Lipinski definition) is 2. The second-order valence-electron chi connectivity index (χ2n) is 3.43. The van der Waals surface area contributed by atoms with Crippen LogP contribution < -0.4 is 5.43 Å². The third kappa shape index (κ3) is 3.36. The van der Waals surface area contributed by atoms with Gasteiger partial charge in [0.2, 0.25) is 0 Å². The summed E-state index contributed by atoms with van der Waals surface area (Å²) in [5, 5.41) is 2.69. The van der Waals surface area contributed by atoms with Crippen LogP contribution in [0.5, 0.6) is 0 Å². The molecule has 19 heavy (non-hydrogen) atoms. The van der Waals surface area contributed by atoms with E-state index in [9.17, 15) is 30.7 Å². The topological polar surface area (TPSA) is 24.4 Å². The maximum absolute atomic E-state index is 12.7. The van der Waals surface area contributed by atoms with Crippen molar-refractivity contribution in [2.24, 2.45) is 5.10 Å². The molecule has 0 radical (unpaired) electrons. The van der Waals surface area contributed by atoms with Gasteiger partial charge in [-0.25, -0.2) is 5.43 Å². The standard InChI is InChI=1S/C10H7F7N2/c11-8(12,9(13,14)15)10(16,17)19-18-6-7-4-2-1-3-5-7/h1-6,19H/b18-6+. The van der Waals surface area contributed by atoms with Crippen molar-refractivity contribution in [1.82, 2.24) is 5.43 Å². The molecule has 0 aromatic heterocycles. The largest absolute Gasteiger partial charge is 0.462 e. The van der Waals surface area contributed by atoms with E-state index in [1.807, 2.05) is 0 Å². The van der Waals surface area contributed by atoms with E-state index >= 15 is 0 Å². The molecule has 0 unspecified atom stereocenters. The molecule has 0 aliphatic rings. The average molecular weight is 288 g/mol. The molecule has 0 spiro atoms. The summed E-state index contributed by atoms with van der Waals surface area (Å²) < 4.78 is 85.5. The number of halogens is 7. The first-order valence-electron chi connectivity index (χ1n) is 4.75. The normalized spacial score (nSPS) is 13.8. The van der Waals surface area contributed by atoms with Crippen LogP contribution in [0.2, 0.25) is 0 Å². The zero-order valence-corrected chi connectivity index (χ0v) is 9.06. The van der Waals surface area contributed by atoms with Crippen molar-refractivity contribution in [2.45, 2.75) is 18.1 Å². The summed E-state index contributed by atoms with van der Waals surface area (Å²) in [6.45, 7) is 0. The van der Waals surface area contributed by atoms with Crippen LogP contribution in [-0.4, -0.2) is 24.4 Å². The molecule has 0 bridgehead atoms. The molecule has 9 heteroatoms. The van der Waals surface area contributed by atoms with E-state index in [1.54, 1.807) is 6.07 Å². The molecule has 0 saturated carbocycles. The van der Waals surface area contributed by atoms with Crippen molar-refractivity contribution >= 4 is 6.21 Å². The molecule has 0 heterocycles. The van der Waals surface area contributed by atoms with Crippen LogP contribution in [0.4, 0.5) is 30.7 Å². The minimum Gasteiger partial charge on any atom is -0.242 e. The van der Waals surface area contributed by atoms with Crippen LogP contribution >= 0.6 is 0 Å². The van der Waals surface area contributed by atoms with Gasteiger partial charge in [0, 0.05) is 0 Å². The minimum atomic E-state index is -6.38. The van der Waals surface area contributed by atoms with Gasteiger partial charge in [-0.3, -0.25) is 0 Å². The quantitative estimate of drug-likeness (QED) is 0.390. The van der Waals surface area contributed by atoms with E-state index in [0.717, 1.165) is 0 Å². The third-order valence-electron chi connectivity index (χ3n) is 1.97. The van der Waals surface area contributed by atoms with Gasteiger partial charge < -0.3 is 0 Å². The first-order valence-corrected chi connectivity index (χ1v) is 4.75. The summed E-state index contributed by atoms with van der Waals surface area (Å²) >= 11 is 0. The van der Waals surface area contributed by atoms with Crippen LogP contribution in [0.1, 0.15) is 5.56 Å². The summed E-state index contributed by atoms with van der Waals surface area (Å²) in [5.74, 6) is -6.23. The molecule has 1 rings (SSSR count). The van der Waals surface area contributed by atoms with Gasteiger partial charge in [0.1, 0.15) is 0 Å². The van der Waals surface area contributed by atoms with Crippen molar-refractivity contribution in [1.29, 1.82) is 0 Å². The lowest BCUT2D eigenvalue weighted by Crippen LogP contribution is -2.58. The lowest BCUT2D eigenvalue weighted by atomic mass is 10.2. The fourth-order valence-corrected chi connectivity index (χ4v) is 0.975. The van der Waals surface area contributed by atoms with E-state index in [1.165, 1.54) is 24.3 Å². The number of rotatable bonds is 4. The zero-order chi connectivity index (χ0) is 14.7. The van der Waals surface area contributed by atoms with Crippen LogP contribution in [0, 0.1) is 0 Å². The van der Waals surface area contributed by atoms with Gasteiger partial charge in [-0.15, -0.1) is 0 Å². The Kier molecular flexibility index (Phi) is 4.06. The number of alkyl halides is 7. The van der Waals surface area contributed by atoms with E-state index in [4.69, 9.17) is 0 Å². The Morgan fingerprint density at radius 3 is 1.89 bits per heavy atom. The lowest BCUT2D eigenvalue weighted by molar-refractivity contribution is -0.361. The van der Waals surface area contributed by atoms with Crippen molar-refractivity contribution < 1.29 is 30.7 Å². The number of hydrazone groups is 1. The lowest BCUT2D eigenvalue weighted by Gasteiger charge is -2.27. The maximum Gasteiger partial charge on any atom is 0.462 e. The summed E-state index contributed by atoms with van der Waals surface area (Å²) in [6.07, 6.45) is -5.69. The molecule has 1 N–H and O–H groups in total. The molecule has 0 saturated heterocycles. The summed E-state index contributed by atoms with van der Waals surface area (Å²) in [4.78, 5) is 0. The molecule has 0 fully saturated rings. The van der Waals surface area contributed by atoms with Gasteiger partial charge in [-0.05, 0) is 5.56 Å². The molecule has 0 aliphatic carbocycles. The van der Waals surface area contributed by atoms with Gasteiger partial charge in [0.25, 0.3) is 0 Å². The summed E-state index contributed by atoms with van der Waals surface area (Å²) in [5.41, 5.74) is 0.771. The highest BCUT2D eigenvalue weighted by Crippen LogP contribution is 2.44. The van der Waals surface area contributed by atoms with Gasteiger partial charge in [-0.1, -0.05) is 30.3 Å². The number of hydrogen-bond donors (Lipinski definition) is 1. The minimum absolute atomic E-state index is 0.251. The van der Waals surface area contributed by atoms with Crippen LogP contribution in [0.25, 0.3) is 0 Å². The fraction of sp³-hybridized carbons (Fsp3) is 0.300. The van der Waals surface area contributed by atoms with E-state index in [-0.39, 0.29) is 5.56 Å². The Morgan fingerprint density at radius 1 is 0.895 bits per heavy atom. The predicted octanol–water partition coefficient (Wildman–Crippen LogP) is 3.40. The molecular weight excluding hydrogens is 281 g/mol. The van der Waals surface area contributed by atoms with Gasteiger partial charge in [0.15, 0.2) is 0 Å². The summed E-state index contributed by atoms with van der Waals surface area (Å²) in [7, 11) is 0. The van der Waals surface area contributed by atoms with E-state index < -0.39 is 18.1 Å². The zero-order valence-electron chi connectivity index (χ0n) is 9.06. The van der Waals surface area contributed by atoms with Crippen LogP contribution in [0.3, 0.4) is 0 Å². The van der Waals surface area contributed by atoms with Gasteiger partial charge >= 0.3 is 18.1 Å². The first-order chi connectivity index (χ1) is 8.58. The van der Waals surface area contributed by atoms with Crippen molar-refractivity contribution in [3.8, 4) is 0 Å². The number of nitrogens with one attached hydrogen (secondary N) is 1. The molecule has 106 valence electrons. The van der Waals surface area contributed by atoms with Gasteiger partial charge in [0.05, 0.1) is 6.21 Å². The Hall–Kier alpha value is -1.80. The third-order valence-corrected chi connectivity index (χ3v) is 1.97. The fourth-order valence-electron chi connectivity index (χ4n) is 0.975. The first kappa shape index (κ1) is 15.3. The SMILES string of the molecule is FC(F)(F)C(F)(F)C(F)(F)N/N=C/c1ccccc1. The maximum atomic E-state index is 12.7.